The molecule has 0 N–H and O–H groups in total. The van der Waals surface area contributed by atoms with Crippen LogP contribution in [0.3, 0.4) is 0 Å². The van der Waals surface area contributed by atoms with Crippen LogP contribution < -0.4 is 29.6 Å². The van der Waals surface area contributed by atoms with Gasteiger partial charge in [-0.1, -0.05) is 0 Å². The van der Waals surface area contributed by atoms with Gasteiger partial charge in [-0.25, -0.2) is 0 Å². The van der Waals surface area contributed by atoms with Crippen LogP contribution in [0.4, 0.5) is 0 Å². The van der Waals surface area contributed by atoms with Crippen LogP contribution in [-0.2, 0) is 36.2 Å². The van der Waals surface area contributed by atoms with Gasteiger partial charge in [0.25, 0.3) is 0 Å². The van der Waals surface area contributed by atoms with Gasteiger partial charge in [-0.3, -0.25) is 0 Å². The molecule has 0 saturated carbocycles. The molecule has 0 aromatic carbocycles. The maximum atomic E-state index is 8.44. The van der Waals surface area contributed by atoms with Crippen LogP contribution >= 0.6 is 0 Å². The smallest absolute Gasteiger partial charge is 0.917 e. The zero-order chi connectivity index (χ0) is 3.58. The van der Waals surface area contributed by atoms with Gasteiger partial charge in [-0.2, -0.15) is 11.0 Å². The zero-order valence-electron chi connectivity index (χ0n) is 2.97. The van der Waals surface area contributed by atoms with E-state index in [9.17, 15) is 0 Å². The third-order valence-corrected chi connectivity index (χ3v) is 0. The molecule has 0 rings (SSSR count). The summed E-state index contributed by atoms with van der Waals surface area (Å²) >= 11 is 0. The first-order valence-corrected chi connectivity index (χ1v) is 1.50. The topological polar surface area (TPSA) is 57.2 Å². The fourth-order valence-electron chi connectivity index (χ4n) is 0. The Hall–Kier alpha value is 1.42. The third kappa shape index (κ3) is 52.7. The van der Waals surface area contributed by atoms with Crippen LogP contribution in [0, 0.1) is 0 Å². The first-order valence-electron chi connectivity index (χ1n) is 0.500. The Balaban J connectivity index is -0.0000000450. The number of rotatable bonds is 0. The molecule has 3 nitrogen and oxygen atoms in total. The van der Waals surface area contributed by atoms with Gasteiger partial charge in [0.05, 0.1) is 0 Å². The van der Waals surface area contributed by atoms with Crippen LogP contribution in [0.15, 0.2) is 0 Å². The van der Waals surface area contributed by atoms with Crippen molar-refractivity contribution >= 4 is 11.0 Å². The largest absolute Gasteiger partial charge is 1.00 e. The van der Waals surface area contributed by atoms with Crippen LogP contribution in [-0.4, -0.2) is 4.55 Å². The molecular weight excluding hydrogens is 162 g/mol. The van der Waals surface area contributed by atoms with Gasteiger partial charge in [-0.05, 0) is 0 Å². The summed E-state index contributed by atoms with van der Waals surface area (Å²) in [6.07, 6.45) is 0. The van der Waals surface area contributed by atoms with Crippen molar-refractivity contribution in [1.82, 2.24) is 0 Å². The second kappa shape index (κ2) is 9.65. The second-order valence-corrected chi connectivity index (χ2v) is 0.612. The minimum atomic E-state index is -3.11. The van der Waals surface area contributed by atoms with E-state index in [1.54, 1.807) is 0 Å². The average Bonchev–Trinajstić information content (AvgIpc) is 0.811. The summed E-state index contributed by atoms with van der Waals surface area (Å²) in [5, 5.41) is 0. The summed E-state index contributed by atoms with van der Waals surface area (Å²) in [6, 6.07) is 0. The van der Waals surface area contributed by atoms with E-state index in [2.05, 4.69) is 0 Å². The van der Waals surface area contributed by atoms with E-state index < -0.39 is 11.0 Å². The molecule has 0 fully saturated rings. The van der Waals surface area contributed by atoms with E-state index in [-0.39, 0.29) is 46.3 Å². The minimum Gasteiger partial charge on any atom is -0.917 e. The van der Waals surface area contributed by atoms with Gasteiger partial charge >= 0.3 is 29.6 Å². The fourth-order valence-corrected chi connectivity index (χ4v) is 0. The first kappa shape index (κ1) is 15.7. The molecule has 1 radical (unpaired) electrons. The van der Waals surface area contributed by atoms with Crippen molar-refractivity contribution in [2.45, 2.75) is 0 Å². The van der Waals surface area contributed by atoms with E-state index >= 15 is 0 Å². The summed E-state index contributed by atoms with van der Waals surface area (Å²) in [7, 11) is -3.11. The van der Waals surface area contributed by atoms with E-state index in [0.29, 0.717) is 0 Å². The Kier molecular flexibility index (Phi) is 25.2. The van der Waals surface area contributed by atoms with Crippen LogP contribution in [0.25, 0.3) is 0 Å². The standard InChI is InChI=1S/Co.Na.O3S/c;;1-4(2)3/q;+1;-2. The van der Waals surface area contributed by atoms with Crippen molar-refractivity contribution in [2.24, 2.45) is 0 Å². The summed E-state index contributed by atoms with van der Waals surface area (Å²) in [4.78, 5) is 0. The Labute approximate surface area is 69.8 Å². The van der Waals surface area contributed by atoms with Gasteiger partial charge in [0.2, 0.25) is 0 Å². The van der Waals surface area contributed by atoms with E-state index in [1.165, 1.54) is 0 Å². The Morgan fingerprint density at radius 1 is 1.33 bits per heavy atom. The van der Waals surface area contributed by atoms with Gasteiger partial charge < -0.3 is 13.0 Å². The maximum absolute atomic E-state index is 8.44. The maximum Gasteiger partial charge on any atom is 1.00 e. The zero-order valence-corrected chi connectivity index (χ0v) is 6.82. The first-order chi connectivity index (χ1) is 1.73. The van der Waals surface area contributed by atoms with Gasteiger partial charge in [0, 0.05) is 16.8 Å². The quantitative estimate of drug-likeness (QED) is 0.160. The molecule has 35 valence electrons. The van der Waals surface area contributed by atoms with E-state index in [4.69, 9.17) is 13.0 Å². The minimum absolute atomic E-state index is 0. The summed E-state index contributed by atoms with van der Waals surface area (Å²) in [5.41, 5.74) is 0. The normalized spacial score (nSPS) is 5.67. The molecule has 0 heterocycles. The molecule has 0 aliphatic carbocycles. The molecule has 0 atom stereocenters. The Morgan fingerprint density at radius 2 is 1.33 bits per heavy atom. The summed E-state index contributed by atoms with van der Waals surface area (Å²) < 4.78 is 25.3. The summed E-state index contributed by atoms with van der Waals surface area (Å²) in [5.74, 6) is 0. The molecule has 0 aromatic rings. The van der Waals surface area contributed by atoms with Gasteiger partial charge in [0.15, 0.2) is 0 Å². The average molecular weight is 162 g/mol. The van der Waals surface area contributed by atoms with Gasteiger partial charge in [-0.15, -0.1) is 0 Å². The van der Waals surface area contributed by atoms with E-state index in [0.717, 1.165) is 0 Å². The predicted octanol–water partition coefficient (Wildman–Crippen LogP) is -3.57. The molecule has 0 aliphatic rings. The molecule has 0 amide bonds. The molecule has 0 saturated heterocycles. The second-order valence-electron chi connectivity index (χ2n) is 0.204. The van der Waals surface area contributed by atoms with Crippen molar-refractivity contribution in [3.63, 3.8) is 0 Å². The van der Waals surface area contributed by atoms with Crippen molar-refractivity contribution in [3.8, 4) is 0 Å². The summed E-state index contributed by atoms with van der Waals surface area (Å²) in [6.45, 7) is 0. The Morgan fingerprint density at radius 3 is 1.33 bits per heavy atom. The van der Waals surface area contributed by atoms with Crippen LogP contribution in [0.1, 0.15) is 0 Å². The van der Waals surface area contributed by atoms with Crippen LogP contribution in [0.5, 0.6) is 0 Å². The molecule has 6 heavy (non-hydrogen) atoms. The fraction of sp³-hybridized carbons (Fsp3) is 0. The molecule has 6 heteroatoms. The number of hydrogen-bond donors (Lipinski definition) is 0. The van der Waals surface area contributed by atoms with Crippen molar-refractivity contribution in [2.75, 3.05) is 0 Å². The van der Waals surface area contributed by atoms with E-state index in [1.807, 2.05) is 0 Å². The van der Waals surface area contributed by atoms with Crippen molar-refractivity contribution in [3.05, 3.63) is 0 Å². The predicted molar refractivity (Wildman–Crippen MR) is 9.52 cm³/mol. The molecule has 0 aromatic heterocycles. The van der Waals surface area contributed by atoms with Crippen LogP contribution in [0.2, 0.25) is 0 Å². The van der Waals surface area contributed by atoms with Crippen molar-refractivity contribution in [1.29, 1.82) is 0 Å². The van der Waals surface area contributed by atoms with Gasteiger partial charge in [0.1, 0.15) is 0 Å². The Bertz CT molecular complexity index is 59.2. The molecule has 0 spiro atoms. The third-order valence-electron chi connectivity index (χ3n) is 0. The monoisotopic (exact) mass is 162 g/mol. The molecular formula is CoNaO3S-. The molecule has 0 aliphatic heterocycles. The SMILES string of the molecule is O=[S-](=O)[O-].[Co].[Na+]. The number of hydrogen-bond acceptors (Lipinski definition) is 4. The van der Waals surface area contributed by atoms with Crippen molar-refractivity contribution < 1.29 is 59.3 Å². The molecule has 0 unspecified atom stereocenters. The molecule has 0 bridgehead atoms.